The largest absolute Gasteiger partial charge is 0.496 e. The van der Waals surface area contributed by atoms with Crippen LogP contribution in [-0.2, 0) is 16.1 Å². The minimum atomic E-state index is -0.199. The number of nitrogens with zero attached hydrogens (tertiary/aromatic N) is 4. The van der Waals surface area contributed by atoms with Crippen LogP contribution in [-0.4, -0.2) is 86.3 Å². The molecule has 3 aromatic rings. The van der Waals surface area contributed by atoms with Gasteiger partial charge in [0.2, 0.25) is 5.91 Å². The first kappa shape index (κ1) is 25.8. The van der Waals surface area contributed by atoms with Gasteiger partial charge in [-0.1, -0.05) is 0 Å². The van der Waals surface area contributed by atoms with E-state index in [4.69, 9.17) is 23.6 Å². The number of methoxy groups -OCH3 is 2. The van der Waals surface area contributed by atoms with Crippen molar-refractivity contribution in [2.45, 2.75) is 32.4 Å². The minimum absolute atomic E-state index is 0.0282. The number of anilines is 1. The van der Waals surface area contributed by atoms with Gasteiger partial charge in [-0.3, -0.25) is 9.59 Å². The van der Waals surface area contributed by atoms with Crippen LogP contribution >= 0.6 is 0 Å². The Morgan fingerprint density at radius 1 is 1.11 bits per heavy atom. The van der Waals surface area contributed by atoms with Gasteiger partial charge in [0.05, 0.1) is 26.6 Å². The minimum Gasteiger partial charge on any atom is -0.496 e. The van der Waals surface area contributed by atoms with Crippen molar-refractivity contribution in [3.63, 3.8) is 0 Å². The maximum atomic E-state index is 13.5. The van der Waals surface area contributed by atoms with Crippen molar-refractivity contribution in [3.8, 4) is 11.5 Å². The maximum Gasteiger partial charge on any atom is 0.289 e. The number of hydrogen-bond acceptors (Lipinski definition) is 8. The number of pyridine rings is 1. The molecule has 2 amide bonds. The Morgan fingerprint density at radius 2 is 1.87 bits per heavy atom. The molecule has 5 rings (SSSR count). The molecule has 0 spiro atoms. The molecule has 1 unspecified atom stereocenters. The zero-order valence-electron chi connectivity index (χ0n) is 22.1. The lowest BCUT2D eigenvalue weighted by molar-refractivity contribution is -0.129. The second-order valence-electron chi connectivity index (χ2n) is 9.63. The van der Waals surface area contributed by atoms with Crippen LogP contribution in [0.4, 0.5) is 5.82 Å². The van der Waals surface area contributed by atoms with Gasteiger partial charge in [0.1, 0.15) is 22.8 Å². The number of aromatic nitrogens is 1. The summed E-state index contributed by atoms with van der Waals surface area (Å²) in [4.78, 5) is 36.3. The van der Waals surface area contributed by atoms with E-state index >= 15 is 0 Å². The van der Waals surface area contributed by atoms with Crippen LogP contribution in [0.1, 0.15) is 35.9 Å². The number of piperazine rings is 1. The highest BCUT2D eigenvalue weighted by Crippen LogP contribution is 2.36. The Kier molecular flexibility index (Phi) is 7.69. The van der Waals surface area contributed by atoms with E-state index in [-0.39, 0.29) is 23.7 Å². The molecule has 0 aliphatic carbocycles. The Labute approximate surface area is 222 Å². The Morgan fingerprint density at radius 3 is 2.50 bits per heavy atom. The quantitative estimate of drug-likeness (QED) is 0.445. The summed E-state index contributed by atoms with van der Waals surface area (Å²) < 4.78 is 22.6. The van der Waals surface area contributed by atoms with Crippen molar-refractivity contribution in [1.29, 1.82) is 0 Å². The molecule has 0 radical (unpaired) electrons. The van der Waals surface area contributed by atoms with Gasteiger partial charge in [0.15, 0.2) is 5.76 Å². The Balaban J connectivity index is 1.57. The van der Waals surface area contributed by atoms with Crippen LogP contribution in [0.2, 0.25) is 0 Å². The molecule has 2 fully saturated rings. The molecule has 10 nitrogen and oxygen atoms in total. The topological polar surface area (TPSA) is 97.6 Å². The van der Waals surface area contributed by atoms with Gasteiger partial charge in [-0.25, -0.2) is 4.98 Å². The molecule has 10 heteroatoms. The smallest absolute Gasteiger partial charge is 0.289 e. The van der Waals surface area contributed by atoms with E-state index < -0.39 is 0 Å². The third-order valence-electron chi connectivity index (χ3n) is 7.26. The number of fused-ring (bicyclic) bond motifs is 1. The molecule has 0 bridgehead atoms. The number of hydrogen-bond donors (Lipinski definition) is 0. The van der Waals surface area contributed by atoms with E-state index in [1.165, 1.54) is 6.26 Å². The van der Waals surface area contributed by atoms with Crippen molar-refractivity contribution in [2.75, 3.05) is 58.5 Å². The number of ether oxygens (including phenoxy) is 3. The summed E-state index contributed by atoms with van der Waals surface area (Å²) in [7, 11) is 3.24. The van der Waals surface area contributed by atoms with Crippen LogP contribution in [0.25, 0.3) is 10.9 Å². The zero-order valence-corrected chi connectivity index (χ0v) is 22.1. The predicted molar refractivity (Wildman–Crippen MR) is 142 cm³/mol. The lowest BCUT2D eigenvalue weighted by Crippen LogP contribution is -2.48. The molecule has 2 aromatic heterocycles. The second kappa shape index (κ2) is 11.3. The van der Waals surface area contributed by atoms with Gasteiger partial charge in [-0.15, -0.1) is 0 Å². The number of benzene rings is 1. The average Bonchev–Trinajstić information content (AvgIpc) is 3.66. The monoisotopic (exact) mass is 522 g/mol. The van der Waals surface area contributed by atoms with Gasteiger partial charge < -0.3 is 33.3 Å². The van der Waals surface area contributed by atoms with Crippen molar-refractivity contribution >= 4 is 28.5 Å². The van der Waals surface area contributed by atoms with E-state index in [2.05, 4.69) is 4.90 Å². The fourth-order valence-corrected chi connectivity index (χ4v) is 5.22. The number of carbonyl (C=O) groups is 2. The van der Waals surface area contributed by atoms with Crippen LogP contribution in [0.3, 0.4) is 0 Å². The van der Waals surface area contributed by atoms with E-state index in [0.717, 1.165) is 29.6 Å². The normalized spacial score (nSPS) is 17.6. The van der Waals surface area contributed by atoms with Gasteiger partial charge in [-0.2, -0.15) is 0 Å². The third-order valence-corrected chi connectivity index (χ3v) is 7.26. The average molecular weight is 523 g/mol. The predicted octanol–water partition coefficient (Wildman–Crippen LogP) is 3.33. The highest BCUT2D eigenvalue weighted by molar-refractivity contribution is 5.93. The zero-order chi connectivity index (χ0) is 26.6. The maximum absolute atomic E-state index is 13.5. The molecule has 0 saturated carbocycles. The summed E-state index contributed by atoms with van der Waals surface area (Å²) in [6.07, 6.45) is 3.36. The summed E-state index contributed by atoms with van der Waals surface area (Å²) in [6.45, 7) is 5.53. The first-order chi connectivity index (χ1) is 18.5. The first-order valence-electron chi connectivity index (χ1n) is 13.0. The van der Waals surface area contributed by atoms with Crippen LogP contribution < -0.4 is 14.4 Å². The summed E-state index contributed by atoms with van der Waals surface area (Å²) in [6, 6.07) is 9.13. The molecule has 202 valence electrons. The standard InChI is InChI=1S/C28H34N4O6/c1-19(33)30-10-12-31(13-11-30)27-20(16-22-23(35-2)8-9-24(36-3)26(22)29-27)17-32(18-21-6-4-14-37-21)28(34)25-7-5-15-38-25/h5,7-9,15-16,21H,4,6,10-14,17-18H2,1-3H3. The molecule has 2 saturated heterocycles. The number of carbonyl (C=O) groups excluding carboxylic acids is 2. The van der Waals surface area contributed by atoms with Crippen molar-refractivity contribution in [2.24, 2.45) is 0 Å². The van der Waals surface area contributed by atoms with Crippen LogP contribution in [0, 0.1) is 0 Å². The van der Waals surface area contributed by atoms with Crippen LogP contribution in [0.15, 0.2) is 41.0 Å². The molecule has 0 N–H and O–H groups in total. The van der Waals surface area contributed by atoms with Crippen molar-refractivity contribution < 1.29 is 28.2 Å². The molecule has 2 aliphatic heterocycles. The first-order valence-corrected chi connectivity index (χ1v) is 13.0. The van der Waals surface area contributed by atoms with Gasteiger partial charge >= 0.3 is 0 Å². The van der Waals surface area contributed by atoms with Gasteiger partial charge in [0.25, 0.3) is 5.91 Å². The Hall–Kier alpha value is -3.79. The lowest BCUT2D eigenvalue weighted by atomic mass is 10.1. The lowest BCUT2D eigenvalue weighted by Gasteiger charge is -2.36. The second-order valence-corrected chi connectivity index (χ2v) is 9.63. The molecule has 2 aliphatic rings. The fraction of sp³-hybridized carbons (Fsp3) is 0.464. The van der Waals surface area contributed by atoms with Gasteiger partial charge in [0, 0.05) is 63.7 Å². The van der Waals surface area contributed by atoms with E-state index in [0.29, 0.717) is 62.9 Å². The highest BCUT2D eigenvalue weighted by atomic mass is 16.5. The van der Waals surface area contributed by atoms with Gasteiger partial charge in [-0.05, 0) is 43.2 Å². The van der Waals surface area contributed by atoms with E-state index in [1.54, 1.807) is 38.2 Å². The summed E-state index contributed by atoms with van der Waals surface area (Å²) in [5.74, 6) is 2.22. The summed E-state index contributed by atoms with van der Waals surface area (Å²) >= 11 is 0. The Bertz CT molecular complexity index is 1280. The number of amides is 2. The van der Waals surface area contributed by atoms with Crippen molar-refractivity contribution in [1.82, 2.24) is 14.8 Å². The molecule has 4 heterocycles. The molecular formula is C28H34N4O6. The summed E-state index contributed by atoms with van der Waals surface area (Å²) in [5, 5.41) is 0.801. The summed E-state index contributed by atoms with van der Waals surface area (Å²) in [5.41, 5.74) is 1.56. The molecule has 1 atom stereocenters. The fourth-order valence-electron chi connectivity index (χ4n) is 5.22. The third kappa shape index (κ3) is 5.26. The highest BCUT2D eigenvalue weighted by Gasteiger charge is 2.29. The van der Waals surface area contributed by atoms with Crippen molar-refractivity contribution in [3.05, 3.63) is 47.9 Å². The SMILES string of the molecule is COc1ccc(OC)c2nc(N3CCN(C(C)=O)CC3)c(CN(CC3CCCO3)C(=O)c3ccco3)cc12. The van der Waals surface area contributed by atoms with E-state index in [9.17, 15) is 9.59 Å². The number of furan rings is 1. The number of rotatable bonds is 8. The van der Waals surface area contributed by atoms with Crippen LogP contribution in [0.5, 0.6) is 11.5 Å². The molecular weight excluding hydrogens is 488 g/mol. The van der Waals surface area contributed by atoms with E-state index in [1.807, 2.05) is 23.1 Å². The molecule has 38 heavy (non-hydrogen) atoms. The molecule has 1 aromatic carbocycles.